The van der Waals surface area contributed by atoms with Gasteiger partial charge >= 0.3 is 12.1 Å². The third-order valence-electron chi connectivity index (χ3n) is 3.59. The Balaban J connectivity index is 2.35. The second kappa shape index (κ2) is 10.3. The zero-order chi connectivity index (χ0) is 18.0. The molecular formula is C17H26F3N3O. The van der Waals surface area contributed by atoms with Crippen molar-refractivity contribution in [3.05, 3.63) is 35.9 Å². The standard InChI is InChI=1S/C17H26F3N3O/c1-14(21)9-12-23(13-15-7-3-2-4-8-15)11-6-5-10-22-16(24)17(18,19)20/h2-4,7-8,14H,5-6,9-13,21H2,1H3,(H,22,24). The van der Waals surface area contributed by atoms with Gasteiger partial charge in [-0.05, 0) is 44.8 Å². The van der Waals surface area contributed by atoms with E-state index in [2.05, 4.69) is 4.90 Å². The molecule has 0 fully saturated rings. The van der Waals surface area contributed by atoms with E-state index in [-0.39, 0.29) is 12.6 Å². The molecule has 4 nitrogen and oxygen atoms in total. The van der Waals surface area contributed by atoms with Crippen molar-refractivity contribution in [2.45, 2.75) is 44.9 Å². The molecule has 0 aliphatic carbocycles. The summed E-state index contributed by atoms with van der Waals surface area (Å²) in [6.07, 6.45) is -2.73. The predicted molar refractivity (Wildman–Crippen MR) is 88.3 cm³/mol. The average molecular weight is 345 g/mol. The Hall–Kier alpha value is -1.60. The molecule has 1 aromatic rings. The van der Waals surface area contributed by atoms with Crippen molar-refractivity contribution < 1.29 is 18.0 Å². The number of rotatable bonds is 10. The molecule has 1 unspecified atom stereocenters. The summed E-state index contributed by atoms with van der Waals surface area (Å²) in [4.78, 5) is 13.0. The molecule has 0 aromatic heterocycles. The first-order valence-electron chi connectivity index (χ1n) is 8.16. The smallest absolute Gasteiger partial charge is 0.348 e. The maximum absolute atomic E-state index is 12.1. The molecule has 24 heavy (non-hydrogen) atoms. The Kier molecular flexibility index (Phi) is 8.78. The highest BCUT2D eigenvalue weighted by atomic mass is 19.4. The van der Waals surface area contributed by atoms with Crippen molar-refractivity contribution in [2.75, 3.05) is 19.6 Å². The fourth-order valence-corrected chi connectivity index (χ4v) is 2.26. The molecule has 136 valence electrons. The maximum atomic E-state index is 12.1. The van der Waals surface area contributed by atoms with Crippen LogP contribution >= 0.6 is 0 Å². The van der Waals surface area contributed by atoms with Crippen LogP contribution < -0.4 is 11.1 Å². The van der Waals surface area contributed by atoms with Crippen LogP contribution in [0.15, 0.2) is 30.3 Å². The summed E-state index contributed by atoms with van der Waals surface area (Å²) >= 11 is 0. The maximum Gasteiger partial charge on any atom is 0.471 e. The molecule has 0 aliphatic rings. The van der Waals surface area contributed by atoms with E-state index in [0.717, 1.165) is 26.1 Å². The second-order valence-corrected chi connectivity index (χ2v) is 5.99. The van der Waals surface area contributed by atoms with Gasteiger partial charge in [0.2, 0.25) is 0 Å². The van der Waals surface area contributed by atoms with Crippen molar-refractivity contribution in [3.63, 3.8) is 0 Å². The number of alkyl halides is 3. The van der Waals surface area contributed by atoms with Crippen LogP contribution in [0.3, 0.4) is 0 Å². The van der Waals surface area contributed by atoms with Crippen molar-refractivity contribution in [3.8, 4) is 0 Å². The van der Waals surface area contributed by atoms with Gasteiger partial charge in [0, 0.05) is 19.1 Å². The Bertz CT molecular complexity index is 478. The lowest BCUT2D eigenvalue weighted by Crippen LogP contribution is -2.37. The van der Waals surface area contributed by atoms with E-state index in [1.807, 2.05) is 42.6 Å². The summed E-state index contributed by atoms with van der Waals surface area (Å²) in [5.41, 5.74) is 6.99. The van der Waals surface area contributed by atoms with Crippen molar-refractivity contribution in [1.29, 1.82) is 0 Å². The summed E-state index contributed by atoms with van der Waals surface area (Å²) in [6, 6.07) is 10.1. The first kappa shape index (κ1) is 20.4. The largest absolute Gasteiger partial charge is 0.471 e. The number of carbonyl (C=O) groups is 1. The zero-order valence-electron chi connectivity index (χ0n) is 14.0. The van der Waals surface area contributed by atoms with Gasteiger partial charge in [-0.15, -0.1) is 0 Å². The number of benzene rings is 1. The fourth-order valence-electron chi connectivity index (χ4n) is 2.26. The minimum absolute atomic E-state index is 0.0326. The summed E-state index contributed by atoms with van der Waals surface area (Å²) in [5, 5.41) is 1.89. The van der Waals surface area contributed by atoms with E-state index in [9.17, 15) is 18.0 Å². The molecule has 1 amide bonds. The number of nitrogens with two attached hydrogens (primary N) is 1. The highest BCUT2D eigenvalue weighted by molar-refractivity contribution is 5.81. The van der Waals surface area contributed by atoms with Crippen molar-refractivity contribution in [2.24, 2.45) is 5.73 Å². The van der Waals surface area contributed by atoms with Crippen LogP contribution in [0.5, 0.6) is 0 Å². The van der Waals surface area contributed by atoms with Gasteiger partial charge in [0.25, 0.3) is 0 Å². The van der Waals surface area contributed by atoms with Gasteiger partial charge in [-0.2, -0.15) is 13.2 Å². The lowest BCUT2D eigenvalue weighted by Gasteiger charge is -2.23. The first-order chi connectivity index (χ1) is 11.3. The number of halogens is 3. The normalized spacial score (nSPS) is 13.1. The number of unbranched alkanes of at least 4 members (excludes halogenated alkanes) is 1. The summed E-state index contributed by atoms with van der Waals surface area (Å²) < 4.78 is 36.2. The van der Waals surface area contributed by atoms with E-state index in [4.69, 9.17) is 5.73 Å². The van der Waals surface area contributed by atoms with E-state index < -0.39 is 12.1 Å². The monoisotopic (exact) mass is 345 g/mol. The highest BCUT2D eigenvalue weighted by Gasteiger charge is 2.38. The van der Waals surface area contributed by atoms with Gasteiger partial charge in [0.1, 0.15) is 0 Å². The molecule has 0 saturated carbocycles. The zero-order valence-corrected chi connectivity index (χ0v) is 14.0. The molecule has 3 N–H and O–H groups in total. The summed E-state index contributed by atoms with van der Waals surface area (Å²) in [7, 11) is 0. The van der Waals surface area contributed by atoms with Gasteiger partial charge in [-0.1, -0.05) is 30.3 Å². The molecule has 0 radical (unpaired) electrons. The van der Waals surface area contributed by atoms with Crippen LogP contribution in [-0.2, 0) is 11.3 Å². The minimum atomic E-state index is -4.81. The Morgan fingerprint density at radius 1 is 1.21 bits per heavy atom. The average Bonchev–Trinajstić information content (AvgIpc) is 2.51. The van der Waals surface area contributed by atoms with Crippen LogP contribution in [0.2, 0.25) is 0 Å². The molecule has 0 spiro atoms. The molecule has 1 atom stereocenters. The topological polar surface area (TPSA) is 58.4 Å². The van der Waals surface area contributed by atoms with E-state index >= 15 is 0 Å². The third kappa shape index (κ3) is 8.88. The number of amides is 1. The van der Waals surface area contributed by atoms with E-state index in [0.29, 0.717) is 12.8 Å². The molecule has 1 aromatic carbocycles. The van der Waals surface area contributed by atoms with Crippen LogP contribution in [0.25, 0.3) is 0 Å². The third-order valence-corrected chi connectivity index (χ3v) is 3.59. The van der Waals surface area contributed by atoms with Gasteiger partial charge < -0.3 is 11.1 Å². The second-order valence-electron chi connectivity index (χ2n) is 5.99. The van der Waals surface area contributed by atoms with Gasteiger partial charge in [0.05, 0.1) is 0 Å². The van der Waals surface area contributed by atoms with Crippen LogP contribution in [0.1, 0.15) is 31.7 Å². The molecule has 7 heteroatoms. The SMILES string of the molecule is CC(N)CCN(CCCCNC(=O)C(F)(F)F)Cc1ccccc1. The molecule has 1 rings (SSSR count). The Morgan fingerprint density at radius 2 is 1.88 bits per heavy atom. The van der Waals surface area contributed by atoms with Gasteiger partial charge in [-0.3, -0.25) is 9.69 Å². The molecule has 0 aliphatic heterocycles. The lowest BCUT2D eigenvalue weighted by molar-refractivity contribution is -0.173. The van der Waals surface area contributed by atoms with E-state index in [1.54, 1.807) is 0 Å². The van der Waals surface area contributed by atoms with Crippen molar-refractivity contribution in [1.82, 2.24) is 10.2 Å². The number of nitrogens with zero attached hydrogens (tertiary/aromatic N) is 1. The van der Waals surface area contributed by atoms with Crippen LogP contribution in [0.4, 0.5) is 13.2 Å². The number of nitrogens with one attached hydrogen (secondary N) is 1. The fraction of sp³-hybridized carbons (Fsp3) is 0.588. The minimum Gasteiger partial charge on any atom is -0.348 e. The van der Waals surface area contributed by atoms with E-state index in [1.165, 1.54) is 5.56 Å². The lowest BCUT2D eigenvalue weighted by atomic mass is 10.1. The Morgan fingerprint density at radius 3 is 2.46 bits per heavy atom. The molecule has 0 bridgehead atoms. The predicted octanol–water partition coefficient (Wildman–Crippen LogP) is 2.68. The first-order valence-corrected chi connectivity index (χ1v) is 8.16. The summed E-state index contributed by atoms with van der Waals surface area (Å²) in [6.45, 7) is 4.35. The molecule has 0 heterocycles. The van der Waals surface area contributed by atoms with Crippen LogP contribution in [-0.4, -0.2) is 42.7 Å². The highest BCUT2D eigenvalue weighted by Crippen LogP contribution is 2.14. The quantitative estimate of drug-likeness (QED) is 0.641. The molecular weight excluding hydrogens is 319 g/mol. The number of hydrogen-bond donors (Lipinski definition) is 2. The van der Waals surface area contributed by atoms with Gasteiger partial charge in [-0.25, -0.2) is 0 Å². The summed E-state index contributed by atoms with van der Waals surface area (Å²) in [5.74, 6) is -1.87. The molecule has 0 saturated heterocycles. The van der Waals surface area contributed by atoms with Gasteiger partial charge in [0.15, 0.2) is 0 Å². The Labute approximate surface area is 141 Å². The number of hydrogen-bond acceptors (Lipinski definition) is 3. The van der Waals surface area contributed by atoms with Crippen LogP contribution in [0, 0.1) is 0 Å². The van der Waals surface area contributed by atoms with Crippen molar-refractivity contribution >= 4 is 5.91 Å². The number of carbonyl (C=O) groups excluding carboxylic acids is 1.